The Morgan fingerprint density at radius 3 is 2.87 bits per heavy atom. The van der Waals surface area contributed by atoms with Crippen LogP contribution in [0.3, 0.4) is 0 Å². The third-order valence-electron chi connectivity index (χ3n) is 2.06. The van der Waals surface area contributed by atoms with Gasteiger partial charge in [0.25, 0.3) is 0 Å². The molecule has 0 saturated carbocycles. The van der Waals surface area contributed by atoms with Crippen LogP contribution in [0.15, 0.2) is 12.4 Å². The van der Waals surface area contributed by atoms with Crippen molar-refractivity contribution in [1.82, 2.24) is 15.0 Å². The van der Waals surface area contributed by atoms with Gasteiger partial charge in [0.05, 0.1) is 6.20 Å². The summed E-state index contributed by atoms with van der Waals surface area (Å²) in [5, 5.41) is 8.90. The van der Waals surface area contributed by atoms with Gasteiger partial charge in [-0.2, -0.15) is 0 Å². The van der Waals surface area contributed by atoms with Gasteiger partial charge in [-0.05, 0) is 0 Å². The third kappa shape index (κ3) is 1.50. The van der Waals surface area contributed by atoms with Gasteiger partial charge in [-0.25, -0.2) is 14.8 Å². The Bertz CT molecular complexity index is 518. The lowest BCUT2D eigenvalue weighted by molar-refractivity contribution is 0.0699. The van der Waals surface area contributed by atoms with Crippen LogP contribution < -0.4 is 4.90 Å². The summed E-state index contributed by atoms with van der Waals surface area (Å²) in [5.74, 6) is -0.379. The molecule has 0 fully saturated rings. The summed E-state index contributed by atoms with van der Waals surface area (Å²) < 4.78 is 0. The fourth-order valence-corrected chi connectivity index (χ4v) is 1.26. The molecule has 2 aromatic rings. The fourth-order valence-electron chi connectivity index (χ4n) is 1.26. The van der Waals surface area contributed by atoms with Crippen molar-refractivity contribution in [2.45, 2.75) is 0 Å². The number of rotatable bonds is 2. The van der Waals surface area contributed by atoms with Crippen molar-refractivity contribution < 1.29 is 9.90 Å². The molecule has 0 aromatic carbocycles. The highest BCUT2D eigenvalue weighted by Gasteiger charge is 2.13. The number of hydrogen-bond donors (Lipinski definition) is 2. The van der Waals surface area contributed by atoms with Gasteiger partial charge in [0.1, 0.15) is 16.9 Å². The van der Waals surface area contributed by atoms with Crippen LogP contribution in [0, 0.1) is 0 Å². The van der Waals surface area contributed by atoms with Gasteiger partial charge in [-0.15, -0.1) is 0 Å². The van der Waals surface area contributed by atoms with Crippen LogP contribution in [0.5, 0.6) is 0 Å². The SMILES string of the molecule is CN(C)c1cnc2[nH]cc(C(=O)O)c2n1. The zero-order valence-electron chi connectivity index (χ0n) is 8.35. The number of carboxylic acids is 1. The Morgan fingerprint density at radius 2 is 2.27 bits per heavy atom. The Morgan fingerprint density at radius 1 is 1.53 bits per heavy atom. The first-order valence-corrected chi connectivity index (χ1v) is 4.34. The van der Waals surface area contributed by atoms with Gasteiger partial charge < -0.3 is 15.0 Å². The lowest BCUT2D eigenvalue weighted by atomic mass is 10.3. The van der Waals surface area contributed by atoms with Crippen LogP contribution >= 0.6 is 0 Å². The van der Waals surface area contributed by atoms with E-state index in [0.29, 0.717) is 17.0 Å². The van der Waals surface area contributed by atoms with E-state index in [9.17, 15) is 4.79 Å². The molecule has 6 heteroatoms. The summed E-state index contributed by atoms with van der Waals surface area (Å²) in [4.78, 5) is 23.7. The number of hydrogen-bond acceptors (Lipinski definition) is 4. The molecule has 0 radical (unpaired) electrons. The Balaban J connectivity index is 2.66. The molecule has 0 aliphatic heterocycles. The van der Waals surface area contributed by atoms with Crippen LogP contribution in [-0.4, -0.2) is 40.1 Å². The molecule has 0 bridgehead atoms. The van der Waals surface area contributed by atoms with Gasteiger partial charge >= 0.3 is 5.97 Å². The first-order valence-electron chi connectivity index (χ1n) is 4.34. The number of aromatic amines is 1. The Kier molecular flexibility index (Phi) is 2.03. The molecule has 2 aromatic heterocycles. The molecule has 0 unspecified atom stereocenters. The Labute approximate surface area is 85.6 Å². The van der Waals surface area contributed by atoms with E-state index in [0.717, 1.165) is 0 Å². The number of aromatic nitrogens is 3. The molecule has 0 saturated heterocycles. The van der Waals surface area contributed by atoms with Crippen LogP contribution in [0.1, 0.15) is 10.4 Å². The number of nitrogens with zero attached hydrogens (tertiary/aromatic N) is 3. The van der Waals surface area contributed by atoms with Gasteiger partial charge in [0.2, 0.25) is 0 Å². The molecule has 2 rings (SSSR count). The quantitative estimate of drug-likeness (QED) is 0.756. The second kappa shape index (κ2) is 3.23. The molecular formula is C9H10N4O2. The standard InChI is InChI=1S/C9H10N4O2/c1-13(2)6-4-11-8-7(12-6)5(3-10-8)9(14)15/h3-4H,1-2H3,(H,10,11)(H,14,15). The molecule has 0 atom stereocenters. The number of nitrogens with one attached hydrogen (secondary N) is 1. The first kappa shape index (κ1) is 9.45. The highest BCUT2D eigenvalue weighted by atomic mass is 16.4. The average molecular weight is 206 g/mol. The summed E-state index contributed by atoms with van der Waals surface area (Å²) in [6.45, 7) is 0. The maximum Gasteiger partial charge on any atom is 0.339 e. The van der Waals surface area contributed by atoms with Crippen LogP contribution in [0.4, 0.5) is 5.82 Å². The van der Waals surface area contributed by atoms with Crippen molar-refractivity contribution >= 4 is 23.0 Å². The molecule has 0 amide bonds. The molecule has 6 nitrogen and oxygen atoms in total. The minimum atomic E-state index is -1.01. The first-order chi connectivity index (χ1) is 7.09. The number of aromatic carboxylic acids is 1. The number of H-pyrrole nitrogens is 1. The lowest BCUT2D eigenvalue weighted by Gasteiger charge is -2.09. The van der Waals surface area contributed by atoms with Gasteiger partial charge in [-0.1, -0.05) is 0 Å². The monoisotopic (exact) mass is 206 g/mol. The van der Waals surface area contributed by atoms with Crippen molar-refractivity contribution in [3.05, 3.63) is 18.0 Å². The zero-order chi connectivity index (χ0) is 11.0. The molecular weight excluding hydrogens is 196 g/mol. The van der Waals surface area contributed by atoms with Crippen molar-refractivity contribution in [2.75, 3.05) is 19.0 Å². The normalized spacial score (nSPS) is 10.5. The van der Waals surface area contributed by atoms with E-state index in [1.807, 2.05) is 14.1 Å². The van der Waals surface area contributed by atoms with Crippen molar-refractivity contribution in [1.29, 1.82) is 0 Å². The number of anilines is 1. The largest absolute Gasteiger partial charge is 0.478 e. The van der Waals surface area contributed by atoms with E-state index in [1.54, 1.807) is 11.1 Å². The lowest BCUT2D eigenvalue weighted by Crippen LogP contribution is -2.11. The van der Waals surface area contributed by atoms with Gasteiger partial charge in [-0.3, -0.25) is 0 Å². The highest BCUT2D eigenvalue weighted by molar-refractivity contribution is 6.00. The molecule has 15 heavy (non-hydrogen) atoms. The zero-order valence-corrected chi connectivity index (χ0v) is 8.35. The highest BCUT2D eigenvalue weighted by Crippen LogP contribution is 2.16. The molecule has 2 N–H and O–H groups in total. The molecule has 0 spiro atoms. The maximum absolute atomic E-state index is 10.9. The van der Waals surface area contributed by atoms with Crippen molar-refractivity contribution in [3.8, 4) is 0 Å². The van der Waals surface area contributed by atoms with E-state index >= 15 is 0 Å². The summed E-state index contributed by atoms with van der Waals surface area (Å²) >= 11 is 0. The predicted molar refractivity (Wildman–Crippen MR) is 55.2 cm³/mol. The van der Waals surface area contributed by atoms with Crippen molar-refractivity contribution in [2.24, 2.45) is 0 Å². The van der Waals surface area contributed by atoms with Gasteiger partial charge in [0.15, 0.2) is 5.65 Å². The predicted octanol–water partition coefficient (Wildman–Crippen LogP) is 0.722. The number of carboxylic acid groups (broad SMARTS) is 1. The second-order valence-corrected chi connectivity index (χ2v) is 3.33. The Hall–Kier alpha value is -2.11. The van der Waals surface area contributed by atoms with E-state index in [4.69, 9.17) is 5.11 Å². The van der Waals surface area contributed by atoms with E-state index < -0.39 is 5.97 Å². The molecule has 78 valence electrons. The second-order valence-electron chi connectivity index (χ2n) is 3.33. The number of fused-ring (bicyclic) bond motifs is 1. The fraction of sp³-hybridized carbons (Fsp3) is 0.222. The van der Waals surface area contributed by atoms with Crippen LogP contribution in [0.25, 0.3) is 11.2 Å². The average Bonchev–Trinajstić information content (AvgIpc) is 2.59. The smallest absolute Gasteiger partial charge is 0.339 e. The van der Waals surface area contributed by atoms with E-state index in [-0.39, 0.29) is 5.56 Å². The minimum Gasteiger partial charge on any atom is -0.478 e. The molecule has 0 aliphatic rings. The summed E-state index contributed by atoms with van der Waals surface area (Å²) in [7, 11) is 3.64. The van der Waals surface area contributed by atoms with Crippen molar-refractivity contribution in [3.63, 3.8) is 0 Å². The van der Waals surface area contributed by atoms with E-state index in [2.05, 4.69) is 15.0 Å². The third-order valence-corrected chi connectivity index (χ3v) is 2.06. The molecule has 2 heterocycles. The molecule has 0 aliphatic carbocycles. The minimum absolute atomic E-state index is 0.140. The maximum atomic E-state index is 10.9. The summed E-state index contributed by atoms with van der Waals surface area (Å²) in [6.07, 6.45) is 2.98. The topological polar surface area (TPSA) is 82.1 Å². The van der Waals surface area contributed by atoms with Gasteiger partial charge in [0, 0.05) is 20.3 Å². The van der Waals surface area contributed by atoms with E-state index in [1.165, 1.54) is 6.20 Å². The number of carbonyl (C=O) groups is 1. The summed E-state index contributed by atoms with van der Waals surface area (Å²) in [5.41, 5.74) is 1.01. The van der Waals surface area contributed by atoms with Crippen LogP contribution in [0.2, 0.25) is 0 Å². The van der Waals surface area contributed by atoms with Crippen LogP contribution in [-0.2, 0) is 0 Å². The summed E-state index contributed by atoms with van der Waals surface area (Å²) in [6, 6.07) is 0.